The van der Waals surface area contributed by atoms with Crippen LogP contribution in [-0.2, 0) is 10.2 Å². The third-order valence-corrected chi connectivity index (χ3v) is 3.46. The Hall–Kier alpha value is -1.71. The van der Waals surface area contributed by atoms with Gasteiger partial charge in [-0.3, -0.25) is 14.9 Å². The Kier molecular flexibility index (Phi) is 3.22. The van der Waals surface area contributed by atoms with Crippen molar-refractivity contribution in [3.05, 3.63) is 46.0 Å². The van der Waals surface area contributed by atoms with Gasteiger partial charge in [0.2, 0.25) is 6.54 Å². The minimum atomic E-state index is -0.583. The Bertz CT molecular complexity index is 426. The number of benzene rings is 1. The van der Waals surface area contributed by atoms with Gasteiger partial charge in [-0.1, -0.05) is 30.3 Å². The molecule has 0 heterocycles. The zero-order valence-corrected chi connectivity index (χ0v) is 9.59. The number of Topliss-reactive ketones (excluding diaryl/α,β-unsaturated/α-hetero) is 1. The number of hydrogen-bond acceptors (Lipinski definition) is 3. The summed E-state index contributed by atoms with van der Waals surface area (Å²) >= 11 is 0. The van der Waals surface area contributed by atoms with Gasteiger partial charge in [-0.25, -0.2) is 0 Å². The van der Waals surface area contributed by atoms with E-state index in [9.17, 15) is 14.9 Å². The van der Waals surface area contributed by atoms with E-state index in [2.05, 4.69) is 0 Å². The fourth-order valence-electron chi connectivity index (χ4n) is 2.69. The molecule has 2 rings (SSSR count). The molecule has 4 heteroatoms. The van der Waals surface area contributed by atoms with Crippen LogP contribution in [0.5, 0.6) is 0 Å². The monoisotopic (exact) mass is 233 g/mol. The molecule has 1 aliphatic rings. The van der Waals surface area contributed by atoms with E-state index in [1.54, 1.807) is 0 Å². The van der Waals surface area contributed by atoms with Crippen molar-refractivity contribution in [1.29, 1.82) is 0 Å². The van der Waals surface area contributed by atoms with Gasteiger partial charge in [0.1, 0.15) is 5.78 Å². The predicted molar refractivity (Wildman–Crippen MR) is 63.5 cm³/mol. The zero-order chi connectivity index (χ0) is 12.3. The molecule has 0 unspecified atom stereocenters. The van der Waals surface area contributed by atoms with Gasteiger partial charge in [0, 0.05) is 17.8 Å². The topological polar surface area (TPSA) is 60.2 Å². The normalized spacial score (nSPS) is 24.6. The molecule has 0 aliphatic heterocycles. The molecule has 0 N–H and O–H groups in total. The van der Waals surface area contributed by atoms with E-state index in [-0.39, 0.29) is 17.3 Å². The van der Waals surface area contributed by atoms with E-state index in [0.29, 0.717) is 12.8 Å². The van der Waals surface area contributed by atoms with Crippen molar-refractivity contribution in [2.24, 2.45) is 0 Å². The molecule has 1 aromatic rings. The number of rotatable bonds is 3. The number of ketones is 1. The summed E-state index contributed by atoms with van der Waals surface area (Å²) in [6.45, 7) is -0.150. The van der Waals surface area contributed by atoms with Crippen LogP contribution in [0.2, 0.25) is 0 Å². The largest absolute Gasteiger partial charge is 0.300 e. The molecule has 1 atom stereocenters. The molecule has 90 valence electrons. The molecule has 4 nitrogen and oxygen atoms in total. The minimum Gasteiger partial charge on any atom is -0.300 e. The van der Waals surface area contributed by atoms with Gasteiger partial charge in [0.05, 0.1) is 5.41 Å². The van der Waals surface area contributed by atoms with Crippen molar-refractivity contribution in [3.63, 3.8) is 0 Å². The lowest BCUT2D eigenvalue weighted by molar-refractivity contribution is -0.491. The van der Waals surface area contributed by atoms with Gasteiger partial charge in [-0.15, -0.1) is 0 Å². The lowest BCUT2D eigenvalue weighted by atomic mass is 9.69. The first-order chi connectivity index (χ1) is 8.12. The van der Waals surface area contributed by atoms with Gasteiger partial charge >= 0.3 is 0 Å². The number of hydrogen-bond donors (Lipinski definition) is 0. The lowest BCUT2D eigenvalue weighted by Crippen LogP contribution is -2.39. The van der Waals surface area contributed by atoms with Crippen molar-refractivity contribution >= 4 is 5.78 Å². The summed E-state index contributed by atoms with van der Waals surface area (Å²) in [4.78, 5) is 22.2. The van der Waals surface area contributed by atoms with Crippen LogP contribution in [0.1, 0.15) is 31.2 Å². The lowest BCUT2D eigenvalue weighted by Gasteiger charge is -2.33. The summed E-state index contributed by atoms with van der Waals surface area (Å²) in [6, 6.07) is 9.41. The Labute approximate surface area is 99.8 Å². The highest BCUT2D eigenvalue weighted by Crippen LogP contribution is 2.38. The van der Waals surface area contributed by atoms with E-state index >= 15 is 0 Å². The van der Waals surface area contributed by atoms with Crippen molar-refractivity contribution in [2.75, 3.05) is 6.54 Å². The van der Waals surface area contributed by atoms with Crippen LogP contribution in [0, 0.1) is 10.1 Å². The molecule has 0 spiro atoms. The number of carbonyl (C=O) groups excluding carboxylic acids is 1. The Balaban J connectivity index is 2.36. The molecular formula is C13H15NO3. The SMILES string of the molecule is O=C1CCC[C@](C[N+](=O)[O-])(c2ccccc2)C1. The highest BCUT2D eigenvalue weighted by Gasteiger charge is 2.41. The minimum absolute atomic E-state index is 0.141. The molecule has 0 aromatic heterocycles. The molecule has 0 radical (unpaired) electrons. The molecule has 1 aliphatic carbocycles. The van der Waals surface area contributed by atoms with E-state index < -0.39 is 5.41 Å². The second kappa shape index (κ2) is 4.65. The molecular weight excluding hydrogens is 218 g/mol. The summed E-state index contributed by atoms with van der Waals surface area (Å²) in [6.07, 6.45) is 2.34. The van der Waals surface area contributed by atoms with E-state index in [4.69, 9.17) is 0 Å². The average molecular weight is 233 g/mol. The molecule has 0 amide bonds. The number of carbonyl (C=O) groups is 1. The van der Waals surface area contributed by atoms with Crippen molar-refractivity contribution in [1.82, 2.24) is 0 Å². The standard InChI is InChI=1S/C13H15NO3/c15-12-7-4-8-13(9-12,10-14(16)17)11-5-2-1-3-6-11/h1-3,5-6H,4,7-10H2/t13-/m0/s1. The van der Waals surface area contributed by atoms with Crippen molar-refractivity contribution in [2.45, 2.75) is 31.1 Å². The fourth-order valence-corrected chi connectivity index (χ4v) is 2.69. The Morgan fingerprint density at radius 3 is 2.59 bits per heavy atom. The molecule has 0 saturated heterocycles. The quantitative estimate of drug-likeness (QED) is 0.594. The number of nitrogens with zero attached hydrogens (tertiary/aromatic N) is 1. The summed E-state index contributed by atoms with van der Waals surface area (Å²) in [5.74, 6) is 0.141. The maximum absolute atomic E-state index is 11.6. The highest BCUT2D eigenvalue weighted by molar-refractivity contribution is 5.81. The molecule has 1 fully saturated rings. The van der Waals surface area contributed by atoms with Crippen LogP contribution < -0.4 is 0 Å². The van der Waals surface area contributed by atoms with Gasteiger partial charge in [-0.2, -0.15) is 0 Å². The van der Waals surface area contributed by atoms with Crippen molar-refractivity contribution < 1.29 is 9.72 Å². The average Bonchev–Trinajstić information content (AvgIpc) is 2.29. The maximum atomic E-state index is 11.6. The summed E-state index contributed by atoms with van der Waals surface area (Å²) in [5, 5.41) is 10.8. The van der Waals surface area contributed by atoms with E-state index in [0.717, 1.165) is 18.4 Å². The predicted octanol–water partition coefficient (Wildman–Crippen LogP) is 2.34. The first kappa shape index (κ1) is 11.8. The third-order valence-electron chi connectivity index (χ3n) is 3.46. The zero-order valence-electron chi connectivity index (χ0n) is 9.59. The Morgan fingerprint density at radius 2 is 2.00 bits per heavy atom. The van der Waals surface area contributed by atoms with Gasteiger partial charge in [-0.05, 0) is 18.4 Å². The van der Waals surface area contributed by atoms with Gasteiger partial charge < -0.3 is 0 Å². The first-order valence-electron chi connectivity index (χ1n) is 5.81. The summed E-state index contributed by atoms with van der Waals surface area (Å²) < 4.78 is 0. The molecule has 1 saturated carbocycles. The second-order valence-corrected chi connectivity index (χ2v) is 4.71. The summed E-state index contributed by atoms with van der Waals surface area (Å²) in [5.41, 5.74) is 0.338. The van der Waals surface area contributed by atoms with Crippen LogP contribution in [0.4, 0.5) is 0 Å². The van der Waals surface area contributed by atoms with Gasteiger partial charge in [0.25, 0.3) is 0 Å². The van der Waals surface area contributed by atoms with Crippen molar-refractivity contribution in [3.8, 4) is 0 Å². The van der Waals surface area contributed by atoms with Crippen LogP contribution in [0.25, 0.3) is 0 Å². The van der Waals surface area contributed by atoms with E-state index in [1.807, 2.05) is 30.3 Å². The summed E-state index contributed by atoms with van der Waals surface area (Å²) in [7, 11) is 0. The smallest absolute Gasteiger partial charge is 0.213 e. The first-order valence-corrected chi connectivity index (χ1v) is 5.81. The second-order valence-electron chi connectivity index (χ2n) is 4.71. The fraction of sp³-hybridized carbons (Fsp3) is 0.462. The van der Waals surface area contributed by atoms with Crippen LogP contribution in [0.3, 0.4) is 0 Å². The van der Waals surface area contributed by atoms with Crippen LogP contribution in [-0.4, -0.2) is 17.3 Å². The number of nitro groups is 1. The Morgan fingerprint density at radius 1 is 1.29 bits per heavy atom. The van der Waals surface area contributed by atoms with E-state index in [1.165, 1.54) is 0 Å². The molecule has 0 bridgehead atoms. The third kappa shape index (κ3) is 2.52. The highest BCUT2D eigenvalue weighted by atomic mass is 16.6. The van der Waals surface area contributed by atoms with Gasteiger partial charge in [0.15, 0.2) is 0 Å². The van der Waals surface area contributed by atoms with Crippen LogP contribution >= 0.6 is 0 Å². The molecule has 17 heavy (non-hydrogen) atoms. The molecule has 1 aromatic carbocycles. The van der Waals surface area contributed by atoms with Crippen LogP contribution in [0.15, 0.2) is 30.3 Å². The maximum Gasteiger partial charge on any atom is 0.213 e.